The Morgan fingerprint density at radius 2 is 2.29 bits per heavy atom. The van der Waals surface area contributed by atoms with Crippen molar-refractivity contribution in [2.24, 2.45) is 5.92 Å². The molecule has 1 aromatic carbocycles. The molecule has 2 atom stereocenters. The first-order valence-electron chi connectivity index (χ1n) is 5.77. The molecule has 0 N–H and O–H groups in total. The Bertz CT molecular complexity index is 376. The summed E-state index contributed by atoms with van der Waals surface area (Å²) in [4.78, 5) is 0.287. The van der Waals surface area contributed by atoms with E-state index < -0.39 is 0 Å². The topological polar surface area (TPSA) is 18.5 Å². The van der Waals surface area contributed by atoms with Crippen molar-refractivity contribution in [1.29, 1.82) is 0 Å². The summed E-state index contributed by atoms with van der Waals surface area (Å²) in [7, 11) is 1.71. The van der Waals surface area contributed by atoms with Crippen LogP contribution in [0.25, 0.3) is 0 Å². The molecule has 1 aliphatic rings. The van der Waals surface area contributed by atoms with Crippen LogP contribution >= 0.6 is 31.9 Å². The predicted octanol–water partition coefficient (Wildman–Crippen LogP) is 4.32. The summed E-state index contributed by atoms with van der Waals surface area (Å²) in [5.74, 6) is 1.45. The third kappa shape index (κ3) is 3.24. The zero-order valence-corrected chi connectivity index (χ0v) is 13.0. The van der Waals surface area contributed by atoms with E-state index in [1.54, 1.807) is 7.11 Å². The molecular formula is C13H16Br2O2. The van der Waals surface area contributed by atoms with E-state index >= 15 is 0 Å². The van der Waals surface area contributed by atoms with Crippen molar-refractivity contribution in [2.75, 3.05) is 20.3 Å². The molecule has 0 amide bonds. The molecule has 2 rings (SSSR count). The summed E-state index contributed by atoms with van der Waals surface area (Å²) < 4.78 is 12.0. The van der Waals surface area contributed by atoms with E-state index in [1.165, 1.54) is 12.0 Å². The van der Waals surface area contributed by atoms with Gasteiger partial charge in [0, 0.05) is 21.5 Å². The van der Waals surface area contributed by atoms with Gasteiger partial charge in [0.15, 0.2) is 0 Å². The van der Waals surface area contributed by atoms with Crippen LogP contribution in [0.15, 0.2) is 22.7 Å². The molecule has 0 aliphatic carbocycles. The summed E-state index contributed by atoms with van der Waals surface area (Å²) in [6.45, 7) is 1.72. The minimum absolute atomic E-state index is 0.287. The average Bonchev–Trinajstić information content (AvgIpc) is 2.39. The molecule has 0 saturated carbocycles. The number of hydrogen-bond acceptors (Lipinski definition) is 2. The van der Waals surface area contributed by atoms with Crippen LogP contribution in [-0.2, 0) is 4.74 Å². The normalized spacial score (nSPS) is 22.2. The van der Waals surface area contributed by atoms with E-state index in [9.17, 15) is 0 Å². The number of rotatable bonds is 3. The van der Waals surface area contributed by atoms with Crippen LogP contribution in [0, 0.1) is 5.92 Å². The van der Waals surface area contributed by atoms with Crippen LogP contribution in [0.3, 0.4) is 0 Å². The lowest BCUT2D eigenvalue weighted by Gasteiger charge is -2.27. The predicted molar refractivity (Wildman–Crippen MR) is 75.9 cm³/mol. The van der Waals surface area contributed by atoms with Gasteiger partial charge in [0.1, 0.15) is 5.75 Å². The van der Waals surface area contributed by atoms with Crippen LogP contribution in [0.2, 0.25) is 0 Å². The van der Waals surface area contributed by atoms with E-state index in [0.29, 0.717) is 5.92 Å². The van der Waals surface area contributed by atoms with Gasteiger partial charge in [-0.05, 0) is 37.0 Å². The molecule has 2 nitrogen and oxygen atoms in total. The third-order valence-electron chi connectivity index (χ3n) is 3.10. The maximum atomic E-state index is 5.55. The van der Waals surface area contributed by atoms with Gasteiger partial charge in [-0.3, -0.25) is 0 Å². The van der Waals surface area contributed by atoms with Crippen molar-refractivity contribution in [3.05, 3.63) is 28.2 Å². The van der Waals surface area contributed by atoms with Gasteiger partial charge in [-0.15, -0.1) is 0 Å². The van der Waals surface area contributed by atoms with Crippen molar-refractivity contribution < 1.29 is 9.47 Å². The SMILES string of the molecule is COc1ccc(Br)cc1C(Br)C1CCCOC1. The maximum Gasteiger partial charge on any atom is 0.123 e. The van der Waals surface area contributed by atoms with Crippen LogP contribution in [-0.4, -0.2) is 20.3 Å². The molecule has 0 bridgehead atoms. The Morgan fingerprint density at radius 3 is 2.94 bits per heavy atom. The zero-order valence-electron chi connectivity index (χ0n) is 9.79. The number of ether oxygens (including phenoxy) is 2. The van der Waals surface area contributed by atoms with E-state index in [0.717, 1.165) is 29.9 Å². The van der Waals surface area contributed by atoms with Crippen LogP contribution < -0.4 is 4.74 Å². The quantitative estimate of drug-likeness (QED) is 0.744. The van der Waals surface area contributed by atoms with Crippen LogP contribution in [0.5, 0.6) is 5.75 Å². The highest BCUT2D eigenvalue weighted by molar-refractivity contribution is 9.10. The molecular weight excluding hydrogens is 348 g/mol. The molecule has 1 fully saturated rings. The fourth-order valence-corrected chi connectivity index (χ4v) is 3.32. The van der Waals surface area contributed by atoms with Crippen LogP contribution in [0.1, 0.15) is 23.2 Å². The lowest BCUT2D eigenvalue weighted by molar-refractivity contribution is 0.0544. The summed E-state index contributed by atoms with van der Waals surface area (Å²) >= 11 is 7.30. The summed E-state index contributed by atoms with van der Waals surface area (Å²) in [6.07, 6.45) is 2.34. The molecule has 1 aliphatic heterocycles. The highest BCUT2D eigenvalue weighted by Crippen LogP contribution is 2.41. The zero-order chi connectivity index (χ0) is 12.3. The lowest BCUT2D eigenvalue weighted by Crippen LogP contribution is -2.21. The van der Waals surface area contributed by atoms with Crippen molar-refractivity contribution in [3.63, 3.8) is 0 Å². The summed E-state index contributed by atoms with van der Waals surface area (Å²) in [5, 5.41) is 0. The van der Waals surface area contributed by atoms with Crippen molar-refractivity contribution in [3.8, 4) is 5.75 Å². The molecule has 94 valence electrons. The summed E-state index contributed by atoms with van der Waals surface area (Å²) in [5.41, 5.74) is 1.19. The van der Waals surface area contributed by atoms with Crippen molar-refractivity contribution in [2.45, 2.75) is 17.7 Å². The Labute approximate surface area is 119 Å². The van der Waals surface area contributed by atoms with Gasteiger partial charge in [-0.2, -0.15) is 0 Å². The Morgan fingerprint density at radius 1 is 1.47 bits per heavy atom. The average molecular weight is 364 g/mol. The van der Waals surface area contributed by atoms with Gasteiger partial charge in [0.2, 0.25) is 0 Å². The van der Waals surface area contributed by atoms with Gasteiger partial charge in [-0.1, -0.05) is 31.9 Å². The molecule has 4 heteroatoms. The highest BCUT2D eigenvalue weighted by atomic mass is 79.9. The molecule has 0 radical (unpaired) electrons. The Kier molecular flexibility index (Phi) is 4.88. The first-order valence-corrected chi connectivity index (χ1v) is 7.48. The fraction of sp³-hybridized carbons (Fsp3) is 0.538. The van der Waals surface area contributed by atoms with Crippen molar-refractivity contribution in [1.82, 2.24) is 0 Å². The van der Waals surface area contributed by atoms with Gasteiger partial charge in [0.25, 0.3) is 0 Å². The number of hydrogen-bond donors (Lipinski definition) is 0. The second kappa shape index (κ2) is 6.21. The molecule has 17 heavy (non-hydrogen) atoms. The molecule has 1 saturated heterocycles. The van der Waals surface area contributed by atoms with E-state index in [1.807, 2.05) is 12.1 Å². The fourth-order valence-electron chi connectivity index (χ4n) is 2.17. The van der Waals surface area contributed by atoms with E-state index in [4.69, 9.17) is 9.47 Å². The highest BCUT2D eigenvalue weighted by Gasteiger charge is 2.25. The molecule has 0 spiro atoms. The number of benzene rings is 1. The van der Waals surface area contributed by atoms with Gasteiger partial charge >= 0.3 is 0 Å². The number of methoxy groups -OCH3 is 1. The standard InChI is InChI=1S/C13H16Br2O2/c1-16-12-5-4-10(14)7-11(12)13(15)9-3-2-6-17-8-9/h4-5,7,9,13H,2-3,6,8H2,1H3. The maximum absolute atomic E-state index is 5.55. The third-order valence-corrected chi connectivity index (χ3v) is 4.83. The molecule has 1 aromatic rings. The lowest BCUT2D eigenvalue weighted by atomic mass is 9.93. The molecule has 2 unspecified atom stereocenters. The second-order valence-electron chi connectivity index (χ2n) is 4.27. The monoisotopic (exact) mass is 362 g/mol. The van der Waals surface area contributed by atoms with Crippen LogP contribution in [0.4, 0.5) is 0 Å². The van der Waals surface area contributed by atoms with Gasteiger partial charge in [-0.25, -0.2) is 0 Å². The Hall–Kier alpha value is -0.0600. The minimum Gasteiger partial charge on any atom is -0.496 e. The van der Waals surface area contributed by atoms with Gasteiger partial charge < -0.3 is 9.47 Å². The van der Waals surface area contributed by atoms with E-state index in [2.05, 4.69) is 37.9 Å². The number of halogens is 2. The first-order chi connectivity index (χ1) is 8.22. The molecule has 0 aromatic heterocycles. The largest absolute Gasteiger partial charge is 0.496 e. The van der Waals surface area contributed by atoms with Crippen molar-refractivity contribution >= 4 is 31.9 Å². The first kappa shape index (κ1) is 13.4. The van der Waals surface area contributed by atoms with Gasteiger partial charge in [0.05, 0.1) is 13.7 Å². The smallest absolute Gasteiger partial charge is 0.123 e. The summed E-state index contributed by atoms with van der Waals surface area (Å²) in [6, 6.07) is 6.11. The molecule has 1 heterocycles. The second-order valence-corrected chi connectivity index (χ2v) is 6.17. The Balaban J connectivity index is 2.21. The number of alkyl halides is 1. The minimum atomic E-state index is 0.287. The van der Waals surface area contributed by atoms with E-state index in [-0.39, 0.29) is 4.83 Å².